The first kappa shape index (κ1) is 13.6. The van der Waals surface area contributed by atoms with Crippen LogP contribution in [0, 0.1) is 0 Å². The number of hydrogen-bond donors (Lipinski definition) is 0. The molecule has 2 heterocycles. The van der Waals surface area contributed by atoms with E-state index in [1.165, 1.54) is 11.8 Å². The summed E-state index contributed by atoms with van der Waals surface area (Å²) in [5.74, 6) is 1.14. The van der Waals surface area contributed by atoms with Gasteiger partial charge in [-0.15, -0.1) is 5.10 Å². The molecule has 1 amide bonds. The number of furan rings is 1. The topological polar surface area (TPSA) is 58.2 Å². The van der Waals surface area contributed by atoms with Crippen molar-refractivity contribution in [2.75, 3.05) is 5.75 Å². The molecule has 0 atom stereocenters. The molecule has 0 radical (unpaired) electrons. The number of hydrogen-bond acceptors (Lipinski definition) is 5. The smallest absolute Gasteiger partial charge is 0.239 e. The molecular weight excluding hydrogens is 286 g/mol. The van der Waals surface area contributed by atoms with Crippen molar-refractivity contribution in [1.82, 2.24) is 4.90 Å². The van der Waals surface area contributed by atoms with E-state index in [1.54, 1.807) is 23.4 Å². The number of nitrogens with zero attached hydrogens (tertiary/aromatic N) is 3. The van der Waals surface area contributed by atoms with Gasteiger partial charge in [0.25, 0.3) is 0 Å². The van der Waals surface area contributed by atoms with Crippen molar-refractivity contribution < 1.29 is 9.21 Å². The Kier molecular flexibility index (Phi) is 4.16. The number of benzene rings is 1. The number of amidine groups is 1. The average Bonchev–Trinajstić information content (AvgIpc) is 3.13. The predicted molar refractivity (Wildman–Crippen MR) is 83.2 cm³/mol. The molecule has 1 aromatic heterocycles. The van der Waals surface area contributed by atoms with Crippen molar-refractivity contribution in [3.05, 3.63) is 60.1 Å². The Morgan fingerprint density at radius 3 is 2.86 bits per heavy atom. The summed E-state index contributed by atoms with van der Waals surface area (Å²) in [5.41, 5.74) is 0.966. The summed E-state index contributed by atoms with van der Waals surface area (Å²) in [6, 6.07) is 13.3. The summed E-state index contributed by atoms with van der Waals surface area (Å²) < 4.78 is 5.27. The van der Waals surface area contributed by atoms with Crippen molar-refractivity contribution in [3.8, 4) is 0 Å². The van der Waals surface area contributed by atoms with E-state index < -0.39 is 0 Å². The summed E-state index contributed by atoms with van der Waals surface area (Å²) in [5, 5.41) is 8.80. The van der Waals surface area contributed by atoms with Crippen molar-refractivity contribution in [1.29, 1.82) is 0 Å². The molecule has 5 nitrogen and oxygen atoms in total. The summed E-state index contributed by atoms with van der Waals surface area (Å²) in [6.07, 6.45) is 3.26. The average molecular weight is 299 g/mol. The molecule has 0 aliphatic carbocycles. The summed E-state index contributed by atoms with van der Waals surface area (Å²) in [7, 11) is 0. The molecule has 1 saturated heterocycles. The van der Waals surface area contributed by atoms with Gasteiger partial charge < -0.3 is 4.42 Å². The Balaban J connectivity index is 1.72. The van der Waals surface area contributed by atoms with Gasteiger partial charge in [0, 0.05) is 0 Å². The molecule has 0 spiro atoms. The SMILES string of the molecule is O=C1CSC(=NN=Cc2ccccc2)N1Cc1ccco1. The van der Waals surface area contributed by atoms with Crippen molar-refractivity contribution in [3.63, 3.8) is 0 Å². The minimum absolute atomic E-state index is 0.0186. The Morgan fingerprint density at radius 2 is 2.10 bits per heavy atom. The van der Waals surface area contributed by atoms with Gasteiger partial charge in [0.2, 0.25) is 5.91 Å². The third kappa shape index (κ3) is 3.41. The van der Waals surface area contributed by atoms with Gasteiger partial charge in [-0.3, -0.25) is 9.69 Å². The summed E-state index contributed by atoms with van der Waals surface area (Å²) in [6.45, 7) is 0.387. The van der Waals surface area contributed by atoms with Crippen LogP contribution < -0.4 is 0 Å². The van der Waals surface area contributed by atoms with Gasteiger partial charge >= 0.3 is 0 Å². The maximum atomic E-state index is 11.9. The fourth-order valence-corrected chi connectivity index (χ4v) is 2.71. The van der Waals surface area contributed by atoms with E-state index in [-0.39, 0.29) is 5.91 Å². The third-order valence-corrected chi connectivity index (χ3v) is 3.85. The number of carbonyl (C=O) groups is 1. The number of amides is 1. The molecule has 0 unspecified atom stereocenters. The molecule has 2 aromatic rings. The van der Waals surface area contributed by atoms with Gasteiger partial charge in [0.1, 0.15) is 5.76 Å². The lowest BCUT2D eigenvalue weighted by Gasteiger charge is -2.12. The predicted octanol–water partition coefficient (Wildman–Crippen LogP) is 2.75. The molecule has 3 rings (SSSR count). The Labute approximate surface area is 126 Å². The molecule has 106 valence electrons. The van der Waals surface area contributed by atoms with Gasteiger partial charge in [-0.05, 0) is 17.7 Å². The van der Waals surface area contributed by atoms with Crippen LogP contribution in [-0.2, 0) is 11.3 Å². The van der Waals surface area contributed by atoms with Gasteiger partial charge in [0.05, 0.1) is 24.8 Å². The van der Waals surface area contributed by atoms with Crippen molar-refractivity contribution in [2.45, 2.75) is 6.54 Å². The van der Waals surface area contributed by atoms with Crippen molar-refractivity contribution in [2.24, 2.45) is 10.2 Å². The maximum Gasteiger partial charge on any atom is 0.239 e. The van der Waals surface area contributed by atoms with Crippen LogP contribution in [0.15, 0.2) is 63.3 Å². The van der Waals surface area contributed by atoms with E-state index in [0.29, 0.717) is 17.5 Å². The third-order valence-electron chi connectivity index (χ3n) is 2.90. The van der Waals surface area contributed by atoms with E-state index in [1.807, 2.05) is 36.4 Å². The van der Waals surface area contributed by atoms with Crippen LogP contribution in [0.3, 0.4) is 0 Å². The molecule has 1 aromatic carbocycles. The fraction of sp³-hybridized carbons (Fsp3) is 0.133. The highest BCUT2D eigenvalue weighted by molar-refractivity contribution is 8.15. The molecule has 1 aliphatic rings. The normalized spacial score (nSPS) is 17.2. The van der Waals surface area contributed by atoms with Crippen LogP contribution in [-0.4, -0.2) is 27.9 Å². The minimum atomic E-state index is 0.0186. The lowest BCUT2D eigenvalue weighted by Crippen LogP contribution is -2.28. The van der Waals surface area contributed by atoms with Gasteiger partial charge in [-0.25, -0.2) is 0 Å². The Hall–Kier alpha value is -2.34. The first-order valence-electron chi connectivity index (χ1n) is 6.44. The van der Waals surface area contributed by atoms with Gasteiger partial charge in [0.15, 0.2) is 5.17 Å². The van der Waals surface area contributed by atoms with Crippen LogP contribution in [0.25, 0.3) is 0 Å². The maximum absolute atomic E-state index is 11.9. The molecule has 21 heavy (non-hydrogen) atoms. The lowest BCUT2D eigenvalue weighted by molar-refractivity contribution is -0.124. The summed E-state index contributed by atoms with van der Waals surface area (Å²) >= 11 is 1.39. The second kappa shape index (κ2) is 6.41. The zero-order valence-electron chi connectivity index (χ0n) is 11.2. The number of thioether (sulfide) groups is 1. The summed E-state index contributed by atoms with van der Waals surface area (Å²) in [4.78, 5) is 13.5. The molecule has 0 N–H and O–H groups in total. The fourth-order valence-electron chi connectivity index (χ4n) is 1.87. The largest absolute Gasteiger partial charge is 0.467 e. The molecular formula is C15H13N3O2S. The van der Waals surface area contributed by atoms with Crippen molar-refractivity contribution >= 4 is 29.1 Å². The highest BCUT2D eigenvalue weighted by atomic mass is 32.2. The number of carbonyl (C=O) groups excluding carboxylic acids is 1. The van der Waals surface area contributed by atoms with Crippen LogP contribution in [0.1, 0.15) is 11.3 Å². The van der Waals surface area contributed by atoms with E-state index in [0.717, 1.165) is 11.3 Å². The van der Waals surface area contributed by atoms with E-state index >= 15 is 0 Å². The standard InChI is InChI=1S/C15H13N3O2S/c19-14-11-21-15(18(14)10-13-7-4-8-20-13)17-16-9-12-5-2-1-3-6-12/h1-9H,10-11H2. The van der Waals surface area contributed by atoms with Crippen LogP contribution in [0.4, 0.5) is 0 Å². The zero-order chi connectivity index (χ0) is 14.5. The molecule has 6 heteroatoms. The minimum Gasteiger partial charge on any atom is -0.467 e. The second-order valence-electron chi connectivity index (χ2n) is 4.39. The van der Waals surface area contributed by atoms with Gasteiger partial charge in [-0.1, -0.05) is 42.1 Å². The highest BCUT2D eigenvalue weighted by Crippen LogP contribution is 2.22. The van der Waals surface area contributed by atoms with Crippen LogP contribution >= 0.6 is 11.8 Å². The van der Waals surface area contributed by atoms with Crippen LogP contribution in [0.2, 0.25) is 0 Å². The van der Waals surface area contributed by atoms with E-state index in [4.69, 9.17) is 4.42 Å². The monoisotopic (exact) mass is 299 g/mol. The van der Waals surface area contributed by atoms with E-state index in [2.05, 4.69) is 10.2 Å². The Bertz CT molecular complexity index is 665. The van der Waals surface area contributed by atoms with E-state index in [9.17, 15) is 4.79 Å². The molecule has 1 aliphatic heterocycles. The molecule has 0 bridgehead atoms. The first-order chi connectivity index (χ1) is 10.3. The molecule has 1 fully saturated rings. The highest BCUT2D eigenvalue weighted by Gasteiger charge is 2.29. The Morgan fingerprint density at radius 1 is 1.24 bits per heavy atom. The molecule has 0 saturated carbocycles. The first-order valence-corrected chi connectivity index (χ1v) is 7.43. The lowest BCUT2D eigenvalue weighted by atomic mass is 10.2. The number of rotatable bonds is 4. The van der Waals surface area contributed by atoms with Gasteiger partial charge in [-0.2, -0.15) is 5.10 Å². The quantitative estimate of drug-likeness (QED) is 0.644. The van der Waals surface area contributed by atoms with Crippen LogP contribution in [0.5, 0.6) is 0 Å². The second-order valence-corrected chi connectivity index (χ2v) is 5.33. The zero-order valence-corrected chi connectivity index (χ0v) is 12.0.